The van der Waals surface area contributed by atoms with Gasteiger partial charge in [-0.1, -0.05) is 38.1 Å². The van der Waals surface area contributed by atoms with Gasteiger partial charge in [-0.15, -0.1) is 0 Å². The molecular weight excluding hydrogens is 484 g/mol. The minimum Gasteiger partial charge on any atom is -0.497 e. The number of amides is 1. The van der Waals surface area contributed by atoms with Crippen LogP contribution in [-0.4, -0.2) is 45.7 Å². The van der Waals surface area contributed by atoms with Crippen LogP contribution in [0.3, 0.4) is 0 Å². The highest BCUT2D eigenvalue weighted by molar-refractivity contribution is 7.89. The van der Waals surface area contributed by atoms with Gasteiger partial charge in [-0.05, 0) is 53.4 Å². The molecule has 0 bridgehead atoms. The number of aliphatic carboxylic acids is 1. The molecule has 3 aromatic rings. The van der Waals surface area contributed by atoms with Gasteiger partial charge in [0.2, 0.25) is 10.0 Å². The maximum Gasteiger partial charge on any atom is 0.322 e. The van der Waals surface area contributed by atoms with Crippen molar-refractivity contribution in [1.29, 1.82) is 0 Å². The Hall–Kier alpha value is -3.89. The van der Waals surface area contributed by atoms with E-state index in [0.29, 0.717) is 22.7 Å². The van der Waals surface area contributed by atoms with Crippen molar-refractivity contribution in [3.05, 3.63) is 72.3 Å². The van der Waals surface area contributed by atoms with E-state index in [1.165, 1.54) is 26.4 Å². The van der Waals surface area contributed by atoms with E-state index in [1.807, 2.05) is 0 Å². The molecule has 0 aliphatic carbocycles. The van der Waals surface area contributed by atoms with Gasteiger partial charge in [-0.2, -0.15) is 4.72 Å². The normalized spacial score (nSPS) is 12.1. The fourth-order valence-electron chi connectivity index (χ4n) is 3.42. The Kier molecular flexibility index (Phi) is 8.33. The fourth-order valence-corrected chi connectivity index (χ4v) is 4.76. The summed E-state index contributed by atoms with van der Waals surface area (Å²) in [6, 6.07) is 16.8. The Labute approximate surface area is 210 Å². The van der Waals surface area contributed by atoms with Crippen molar-refractivity contribution in [3.63, 3.8) is 0 Å². The molecule has 9 nitrogen and oxygen atoms in total. The summed E-state index contributed by atoms with van der Waals surface area (Å²) in [5.41, 5.74) is 2.51. The Bertz CT molecular complexity index is 1310. The molecule has 1 amide bonds. The van der Waals surface area contributed by atoms with E-state index in [1.54, 1.807) is 68.4 Å². The first-order valence-electron chi connectivity index (χ1n) is 11.0. The van der Waals surface area contributed by atoms with Gasteiger partial charge in [-0.3, -0.25) is 9.59 Å². The smallest absolute Gasteiger partial charge is 0.322 e. The molecule has 0 fully saturated rings. The van der Waals surface area contributed by atoms with Crippen molar-refractivity contribution >= 4 is 27.6 Å². The van der Waals surface area contributed by atoms with Crippen LogP contribution in [0.15, 0.2) is 71.6 Å². The minimum absolute atomic E-state index is 0.0317. The number of carboxylic acid groups (broad SMARTS) is 1. The van der Waals surface area contributed by atoms with Gasteiger partial charge in [-0.25, -0.2) is 8.42 Å². The van der Waals surface area contributed by atoms with Crippen LogP contribution in [0.25, 0.3) is 11.1 Å². The number of hydrogen-bond acceptors (Lipinski definition) is 6. The molecule has 190 valence electrons. The lowest BCUT2D eigenvalue weighted by Crippen LogP contribution is -2.44. The third-order valence-corrected chi connectivity index (χ3v) is 6.93. The number of hydrogen-bond donors (Lipinski definition) is 3. The van der Waals surface area contributed by atoms with Crippen LogP contribution in [0, 0.1) is 5.92 Å². The van der Waals surface area contributed by atoms with E-state index in [4.69, 9.17) is 9.47 Å². The predicted octanol–water partition coefficient (Wildman–Crippen LogP) is 4.01. The molecule has 0 aromatic heterocycles. The zero-order chi connectivity index (χ0) is 26.5. The number of carboxylic acids is 1. The summed E-state index contributed by atoms with van der Waals surface area (Å²) in [6.45, 7) is 3.26. The van der Waals surface area contributed by atoms with Crippen LogP contribution in [0.4, 0.5) is 5.69 Å². The molecule has 0 aliphatic rings. The van der Waals surface area contributed by atoms with Crippen molar-refractivity contribution in [2.75, 3.05) is 19.5 Å². The largest absolute Gasteiger partial charge is 0.497 e. The maximum atomic E-state index is 12.7. The number of methoxy groups -OCH3 is 2. The number of carbonyl (C=O) groups excluding carboxylic acids is 1. The van der Waals surface area contributed by atoms with Crippen molar-refractivity contribution in [1.82, 2.24) is 4.72 Å². The zero-order valence-corrected chi connectivity index (χ0v) is 21.1. The van der Waals surface area contributed by atoms with Crippen molar-refractivity contribution < 1.29 is 32.6 Å². The van der Waals surface area contributed by atoms with Crippen LogP contribution >= 0.6 is 0 Å². The highest BCUT2D eigenvalue weighted by Crippen LogP contribution is 2.25. The van der Waals surface area contributed by atoms with Crippen molar-refractivity contribution in [2.24, 2.45) is 5.92 Å². The molecule has 0 saturated carbocycles. The molecule has 1 atom stereocenters. The van der Waals surface area contributed by atoms with Gasteiger partial charge >= 0.3 is 5.97 Å². The van der Waals surface area contributed by atoms with Crippen LogP contribution in [0.5, 0.6) is 11.5 Å². The SMILES string of the molecule is COc1cc(OC)cc(C(=O)Nc2ccc(-c3ccc(S(=O)(=O)N[C@H](C(=O)O)C(C)C)cc3)cc2)c1. The monoisotopic (exact) mass is 512 g/mol. The number of nitrogens with one attached hydrogen (secondary N) is 2. The predicted molar refractivity (Wildman–Crippen MR) is 136 cm³/mol. The highest BCUT2D eigenvalue weighted by atomic mass is 32.2. The molecule has 10 heteroatoms. The minimum atomic E-state index is -4.00. The summed E-state index contributed by atoms with van der Waals surface area (Å²) in [5, 5.41) is 12.1. The lowest BCUT2D eigenvalue weighted by atomic mass is 10.1. The third-order valence-electron chi connectivity index (χ3n) is 5.47. The van der Waals surface area contributed by atoms with Crippen molar-refractivity contribution in [3.8, 4) is 22.6 Å². The van der Waals surface area contributed by atoms with Gasteiger partial charge in [0.15, 0.2) is 0 Å². The molecule has 3 aromatic carbocycles. The summed E-state index contributed by atoms with van der Waals surface area (Å²) >= 11 is 0. The fraction of sp³-hybridized carbons (Fsp3) is 0.231. The first kappa shape index (κ1) is 26.7. The maximum absolute atomic E-state index is 12.7. The molecule has 0 radical (unpaired) electrons. The van der Waals surface area contributed by atoms with E-state index in [9.17, 15) is 23.1 Å². The number of sulfonamides is 1. The number of ether oxygens (including phenoxy) is 2. The van der Waals surface area contributed by atoms with Gasteiger partial charge in [0.1, 0.15) is 17.5 Å². The highest BCUT2D eigenvalue weighted by Gasteiger charge is 2.28. The first-order valence-corrected chi connectivity index (χ1v) is 12.5. The first-order chi connectivity index (χ1) is 17.0. The van der Waals surface area contributed by atoms with E-state index < -0.39 is 28.0 Å². The van der Waals surface area contributed by atoms with E-state index in [2.05, 4.69) is 10.0 Å². The molecule has 36 heavy (non-hydrogen) atoms. The van der Waals surface area contributed by atoms with Crippen LogP contribution in [0.1, 0.15) is 24.2 Å². The third kappa shape index (κ3) is 6.41. The second-order valence-electron chi connectivity index (χ2n) is 8.34. The number of anilines is 1. The number of benzene rings is 3. The van der Waals surface area contributed by atoms with E-state index in [-0.39, 0.29) is 10.8 Å². The molecule has 0 saturated heterocycles. The number of carbonyl (C=O) groups is 2. The molecular formula is C26H28N2O7S. The topological polar surface area (TPSA) is 131 Å². The average Bonchev–Trinajstić information content (AvgIpc) is 2.87. The Morgan fingerprint density at radius 1 is 0.833 bits per heavy atom. The Balaban J connectivity index is 1.73. The summed E-state index contributed by atoms with van der Waals surface area (Å²) < 4.78 is 37.9. The molecule has 0 aliphatic heterocycles. The van der Waals surface area contributed by atoms with Crippen LogP contribution in [-0.2, 0) is 14.8 Å². The molecule has 3 rings (SSSR count). The summed E-state index contributed by atoms with van der Waals surface area (Å²) in [6.07, 6.45) is 0. The molecule has 0 spiro atoms. The van der Waals surface area contributed by atoms with E-state index in [0.717, 1.165) is 11.1 Å². The van der Waals surface area contributed by atoms with E-state index >= 15 is 0 Å². The Morgan fingerprint density at radius 3 is 1.78 bits per heavy atom. The Morgan fingerprint density at radius 2 is 1.33 bits per heavy atom. The van der Waals surface area contributed by atoms with Gasteiger partial charge in [0, 0.05) is 17.3 Å². The quantitative estimate of drug-likeness (QED) is 0.374. The molecule has 0 unspecified atom stereocenters. The van der Waals surface area contributed by atoms with Crippen LogP contribution < -0.4 is 19.5 Å². The molecule has 3 N–H and O–H groups in total. The standard InChI is InChI=1S/C26H28N2O7S/c1-16(2)24(26(30)31)28-36(32,33)23-11-7-18(8-12-23)17-5-9-20(10-6-17)27-25(29)19-13-21(34-3)15-22(14-19)35-4/h5-16,24,28H,1-4H3,(H,27,29)(H,30,31)/t24-/m0/s1. The molecule has 0 heterocycles. The van der Waals surface area contributed by atoms with Gasteiger partial charge in [0.05, 0.1) is 19.1 Å². The summed E-state index contributed by atoms with van der Waals surface area (Å²) in [7, 11) is -0.989. The second-order valence-corrected chi connectivity index (χ2v) is 10.1. The average molecular weight is 513 g/mol. The summed E-state index contributed by atoms with van der Waals surface area (Å²) in [4.78, 5) is 24.0. The zero-order valence-electron chi connectivity index (χ0n) is 20.3. The van der Waals surface area contributed by atoms with Gasteiger partial charge in [0.25, 0.3) is 5.91 Å². The van der Waals surface area contributed by atoms with Crippen LogP contribution in [0.2, 0.25) is 0 Å². The number of rotatable bonds is 10. The lowest BCUT2D eigenvalue weighted by Gasteiger charge is -2.18. The lowest BCUT2D eigenvalue weighted by molar-refractivity contribution is -0.140. The van der Waals surface area contributed by atoms with Gasteiger partial charge < -0.3 is 19.9 Å². The van der Waals surface area contributed by atoms with Crippen molar-refractivity contribution in [2.45, 2.75) is 24.8 Å². The second kappa shape index (κ2) is 11.2. The summed E-state index contributed by atoms with van der Waals surface area (Å²) in [5.74, 6) is -0.983.